The highest BCUT2D eigenvalue weighted by Gasteiger charge is 2.40. The monoisotopic (exact) mass is 192 g/mol. The fourth-order valence-corrected chi connectivity index (χ4v) is 2.34. The standard InChI is InChI=1S/C11H16N2O/c1-8-5-11(14,6-8)7-9-3-2-4-13-10(9)12/h2-4,8,14H,5-7H2,1H3,(H2,12,13). The molecule has 0 unspecified atom stereocenters. The molecule has 3 heteroatoms. The van der Waals surface area contributed by atoms with Gasteiger partial charge in [0.2, 0.25) is 0 Å². The summed E-state index contributed by atoms with van der Waals surface area (Å²) in [6.45, 7) is 2.15. The Morgan fingerprint density at radius 1 is 1.64 bits per heavy atom. The van der Waals surface area contributed by atoms with E-state index in [4.69, 9.17) is 5.73 Å². The normalized spacial score (nSPS) is 31.1. The van der Waals surface area contributed by atoms with Gasteiger partial charge in [-0.2, -0.15) is 0 Å². The Bertz CT molecular complexity index is 332. The first-order chi connectivity index (χ1) is 6.59. The number of hydrogen-bond acceptors (Lipinski definition) is 3. The third-order valence-electron chi connectivity index (χ3n) is 2.90. The van der Waals surface area contributed by atoms with E-state index in [0.29, 0.717) is 18.2 Å². The molecule has 0 spiro atoms. The summed E-state index contributed by atoms with van der Waals surface area (Å²) < 4.78 is 0. The molecule has 1 heterocycles. The Kier molecular flexibility index (Phi) is 2.19. The van der Waals surface area contributed by atoms with E-state index < -0.39 is 5.60 Å². The molecule has 0 saturated heterocycles. The molecule has 0 amide bonds. The van der Waals surface area contributed by atoms with E-state index in [0.717, 1.165) is 18.4 Å². The smallest absolute Gasteiger partial charge is 0.126 e. The Morgan fingerprint density at radius 2 is 2.36 bits per heavy atom. The average molecular weight is 192 g/mol. The van der Waals surface area contributed by atoms with Gasteiger partial charge in [-0.1, -0.05) is 13.0 Å². The van der Waals surface area contributed by atoms with Gasteiger partial charge in [0.05, 0.1) is 5.60 Å². The first kappa shape index (κ1) is 9.46. The van der Waals surface area contributed by atoms with Crippen LogP contribution in [0.3, 0.4) is 0 Å². The maximum absolute atomic E-state index is 10.1. The van der Waals surface area contributed by atoms with Crippen LogP contribution in [0.15, 0.2) is 18.3 Å². The summed E-state index contributed by atoms with van der Waals surface area (Å²) in [7, 11) is 0. The summed E-state index contributed by atoms with van der Waals surface area (Å²) in [4.78, 5) is 4.01. The van der Waals surface area contributed by atoms with E-state index >= 15 is 0 Å². The molecule has 1 aliphatic carbocycles. The lowest BCUT2D eigenvalue weighted by atomic mass is 9.69. The Balaban J connectivity index is 2.08. The number of aliphatic hydroxyl groups is 1. The molecule has 1 aromatic heterocycles. The van der Waals surface area contributed by atoms with Crippen LogP contribution in [0.1, 0.15) is 25.3 Å². The fourth-order valence-electron chi connectivity index (χ4n) is 2.34. The highest BCUT2D eigenvalue weighted by Crippen LogP contribution is 2.40. The molecular weight excluding hydrogens is 176 g/mol. The molecule has 3 nitrogen and oxygen atoms in total. The Labute approximate surface area is 84.0 Å². The van der Waals surface area contributed by atoms with E-state index in [9.17, 15) is 5.11 Å². The minimum absolute atomic E-state index is 0.531. The molecule has 14 heavy (non-hydrogen) atoms. The predicted molar refractivity (Wildman–Crippen MR) is 55.7 cm³/mol. The van der Waals surface area contributed by atoms with Gasteiger partial charge >= 0.3 is 0 Å². The second-order valence-corrected chi connectivity index (χ2v) is 4.46. The minimum atomic E-state index is -0.531. The van der Waals surface area contributed by atoms with Crippen molar-refractivity contribution < 1.29 is 5.11 Å². The molecule has 3 N–H and O–H groups in total. The first-order valence-electron chi connectivity index (χ1n) is 5.01. The molecule has 0 aliphatic heterocycles. The van der Waals surface area contributed by atoms with Crippen LogP contribution in [-0.4, -0.2) is 15.7 Å². The van der Waals surface area contributed by atoms with Crippen molar-refractivity contribution in [2.45, 2.75) is 31.8 Å². The number of nitrogens with two attached hydrogens (primary N) is 1. The molecule has 1 aromatic rings. The highest BCUT2D eigenvalue weighted by atomic mass is 16.3. The van der Waals surface area contributed by atoms with E-state index in [1.807, 2.05) is 12.1 Å². The van der Waals surface area contributed by atoms with E-state index in [2.05, 4.69) is 11.9 Å². The van der Waals surface area contributed by atoms with Crippen LogP contribution >= 0.6 is 0 Å². The van der Waals surface area contributed by atoms with Crippen LogP contribution < -0.4 is 5.73 Å². The summed E-state index contributed by atoms with van der Waals surface area (Å²) in [6, 6.07) is 3.79. The van der Waals surface area contributed by atoms with Crippen molar-refractivity contribution in [3.63, 3.8) is 0 Å². The second-order valence-electron chi connectivity index (χ2n) is 4.46. The lowest BCUT2D eigenvalue weighted by Gasteiger charge is -2.42. The van der Waals surface area contributed by atoms with E-state index in [1.165, 1.54) is 0 Å². The van der Waals surface area contributed by atoms with Crippen LogP contribution in [-0.2, 0) is 6.42 Å². The van der Waals surface area contributed by atoms with Gasteiger partial charge in [-0.3, -0.25) is 0 Å². The van der Waals surface area contributed by atoms with Crippen molar-refractivity contribution in [1.82, 2.24) is 4.98 Å². The Morgan fingerprint density at radius 3 is 2.93 bits per heavy atom. The largest absolute Gasteiger partial charge is 0.390 e. The van der Waals surface area contributed by atoms with Gasteiger partial charge in [0.15, 0.2) is 0 Å². The number of hydrogen-bond donors (Lipinski definition) is 2. The number of aromatic nitrogens is 1. The van der Waals surface area contributed by atoms with Gasteiger partial charge in [0, 0.05) is 12.6 Å². The summed E-state index contributed by atoms with van der Waals surface area (Å²) >= 11 is 0. The van der Waals surface area contributed by atoms with Crippen molar-refractivity contribution in [1.29, 1.82) is 0 Å². The van der Waals surface area contributed by atoms with Gasteiger partial charge in [0.1, 0.15) is 5.82 Å². The van der Waals surface area contributed by atoms with E-state index in [1.54, 1.807) is 6.20 Å². The molecular formula is C11H16N2O. The SMILES string of the molecule is CC1CC(O)(Cc2cccnc2N)C1. The average Bonchev–Trinajstić information content (AvgIpc) is 2.06. The van der Waals surface area contributed by atoms with Crippen molar-refractivity contribution in [3.05, 3.63) is 23.9 Å². The zero-order chi connectivity index (χ0) is 10.2. The van der Waals surface area contributed by atoms with E-state index in [-0.39, 0.29) is 0 Å². The van der Waals surface area contributed by atoms with Gasteiger partial charge in [-0.25, -0.2) is 4.98 Å². The third-order valence-corrected chi connectivity index (χ3v) is 2.90. The third kappa shape index (κ3) is 1.73. The lowest BCUT2D eigenvalue weighted by molar-refractivity contribution is -0.0665. The summed E-state index contributed by atoms with van der Waals surface area (Å²) in [5.74, 6) is 1.18. The van der Waals surface area contributed by atoms with Crippen LogP contribution in [0.2, 0.25) is 0 Å². The fraction of sp³-hybridized carbons (Fsp3) is 0.545. The van der Waals surface area contributed by atoms with Crippen molar-refractivity contribution in [3.8, 4) is 0 Å². The minimum Gasteiger partial charge on any atom is -0.390 e. The molecule has 76 valence electrons. The number of nitrogens with zero attached hydrogens (tertiary/aromatic N) is 1. The maximum Gasteiger partial charge on any atom is 0.126 e. The molecule has 0 radical (unpaired) electrons. The molecule has 0 aromatic carbocycles. The Hall–Kier alpha value is -1.09. The second kappa shape index (κ2) is 3.24. The highest BCUT2D eigenvalue weighted by molar-refractivity contribution is 5.39. The van der Waals surface area contributed by atoms with Gasteiger partial charge in [-0.05, 0) is 30.4 Å². The number of pyridine rings is 1. The lowest BCUT2D eigenvalue weighted by Crippen LogP contribution is -2.44. The summed E-state index contributed by atoms with van der Waals surface area (Å²) in [5, 5.41) is 10.1. The summed E-state index contributed by atoms with van der Waals surface area (Å²) in [5.41, 5.74) is 6.15. The summed E-state index contributed by atoms with van der Waals surface area (Å²) in [6.07, 6.45) is 4.06. The zero-order valence-corrected chi connectivity index (χ0v) is 8.40. The van der Waals surface area contributed by atoms with Crippen LogP contribution in [0, 0.1) is 5.92 Å². The predicted octanol–water partition coefficient (Wildman–Crippen LogP) is 1.37. The van der Waals surface area contributed by atoms with Crippen molar-refractivity contribution >= 4 is 5.82 Å². The zero-order valence-electron chi connectivity index (χ0n) is 8.40. The van der Waals surface area contributed by atoms with Crippen LogP contribution in [0.25, 0.3) is 0 Å². The van der Waals surface area contributed by atoms with Gasteiger partial charge in [0.25, 0.3) is 0 Å². The van der Waals surface area contributed by atoms with Gasteiger partial charge < -0.3 is 10.8 Å². The number of anilines is 1. The van der Waals surface area contributed by atoms with Gasteiger partial charge in [-0.15, -0.1) is 0 Å². The van der Waals surface area contributed by atoms with Crippen molar-refractivity contribution in [2.24, 2.45) is 5.92 Å². The number of nitrogen functional groups attached to an aromatic ring is 1. The molecule has 0 atom stereocenters. The molecule has 1 fully saturated rings. The topological polar surface area (TPSA) is 59.1 Å². The molecule has 1 saturated carbocycles. The van der Waals surface area contributed by atoms with Crippen LogP contribution in [0.4, 0.5) is 5.82 Å². The molecule has 2 rings (SSSR count). The maximum atomic E-state index is 10.1. The molecule has 1 aliphatic rings. The van der Waals surface area contributed by atoms with Crippen molar-refractivity contribution in [2.75, 3.05) is 5.73 Å². The first-order valence-corrected chi connectivity index (χ1v) is 5.01. The van der Waals surface area contributed by atoms with Crippen LogP contribution in [0.5, 0.6) is 0 Å². The quantitative estimate of drug-likeness (QED) is 0.744. The number of rotatable bonds is 2. The molecule has 0 bridgehead atoms.